The molecule has 17 heavy (non-hydrogen) atoms. The van der Waals surface area contributed by atoms with Gasteiger partial charge in [-0.25, -0.2) is 4.39 Å². The van der Waals surface area contributed by atoms with E-state index in [2.05, 4.69) is 12.2 Å². The van der Waals surface area contributed by atoms with Crippen LogP contribution in [-0.4, -0.2) is 23.7 Å². The van der Waals surface area contributed by atoms with E-state index >= 15 is 0 Å². The SMILES string of the molecule is CCOc1ccc(NC2CSC(C)C2)cc1F. The molecule has 0 bridgehead atoms. The van der Waals surface area contributed by atoms with Crippen molar-refractivity contribution in [3.05, 3.63) is 24.0 Å². The van der Waals surface area contributed by atoms with Crippen LogP contribution in [-0.2, 0) is 0 Å². The summed E-state index contributed by atoms with van der Waals surface area (Å²) in [5.41, 5.74) is 0.839. The molecule has 0 spiro atoms. The molecular weight excluding hydrogens is 237 g/mol. The number of rotatable bonds is 4. The van der Waals surface area contributed by atoms with Gasteiger partial charge in [-0.3, -0.25) is 0 Å². The van der Waals surface area contributed by atoms with Crippen molar-refractivity contribution in [3.8, 4) is 5.75 Å². The zero-order valence-corrected chi connectivity index (χ0v) is 11.0. The second kappa shape index (κ2) is 5.63. The average molecular weight is 255 g/mol. The standard InChI is InChI=1S/C13H18FNOS/c1-3-16-13-5-4-10(7-12(13)14)15-11-6-9(2)17-8-11/h4-5,7,9,11,15H,3,6,8H2,1-2H3. The molecule has 1 heterocycles. The van der Waals surface area contributed by atoms with E-state index in [1.807, 2.05) is 24.8 Å². The van der Waals surface area contributed by atoms with Crippen molar-refractivity contribution < 1.29 is 9.13 Å². The Kier molecular flexibility index (Phi) is 4.15. The number of ether oxygens (including phenoxy) is 1. The molecule has 0 saturated carbocycles. The van der Waals surface area contributed by atoms with Gasteiger partial charge in [0.05, 0.1) is 6.61 Å². The third-order valence-electron chi connectivity index (χ3n) is 2.80. The number of nitrogens with one attached hydrogen (secondary N) is 1. The summed E-state index contributed by atoms with van der Waals surface area (Å²) < 4.78 is 18.8. The van der Waals surface area contributed by atoms with Crippen LogP contribution in [0, 0.1) is 5.82 Å². The van der Waals surface area contributed by atoms with Gasteiger partial charge in [-0.15, -0.1) is 0 Å². The molecule has 1 aromatic rings. The van der Waals surface area contributed by atoms with Crippen LogP contribution in [0.1, 0.15) is 20.3 Å². The Hall–Kier alpha value is -0.900. The molecule has 2 nitrogen and oxygen atoms in total. The zero-order valence-electron chi connectivity index (χ0n) is 10.2. The van der Waals surface area contributed by atoms with Crippen molar-refractivity contribution in [3.63, 3.8) is 0 Å². The van der Waals surface area contributed by atoms with Crippen molar-refractivity contribution in [2.45, 2.75) is 31.6 Å². The average Bonchev–Trinajstić information content (AvgIpc) is 2.68. The molecule has 1 aliphatic rings. The monoisotopic (exact) mass is 255 g/mol. The second-order valence-electron chi connectivity index (χ2n) is 4.30. The molecule has 2 atom stereocenters. The summed E-state index contributed by atoms with van der Waals surface area (Å²) in [6.45, 7) is 4.56. The Morgan fingerprint density at radius 2 is 2.35 bits per heavy atom. The maximum atomic E-state index is 13.6. The number of benzene rings is 1. The molecule has 2 unspecified atom stereocenters. The van der Waals surface area contributed by atoms with Crippen LogP contribution in [0.15, 0.2) is 18.2 Å². The molecule has 4 heteroatoms. The van der Waals surface area contributed by atoms with Crippen LogP contribution in [0.2, 0.25) is 0 Å². The summed E-state index contributed by atoms with van der Waals surface area (Å²) in [6, 6.07) is 5.53. The summed E-state index contributed by atoms with van der Waals surface area (Å²) in [5, 5.41) is 4.06. The quantitative estimate of drug-likeness (QED) is 0.889. The van der Waals surface area contributed by atoms with Crippen molar-refractivity contribution in [1.82, 2.24) is 0 Å². The smallest absolute Gasteiger partial charge is 0.167 e. The van der Waals surface area contributed by atoms with E-state index in [-0.39, 0.29) is 5.82 Å². The van der Waals surface area contributed by atoms with Crippen LogP contribution in [0.4, 0.5) is 10.1 Å². The molecule has 1 aliphatic heterocycles. The van der Waals surface area contributed by atoms with E-state index in [0.717, 1.165) is 17.9 Å². The molecule has 0 aliphatic carbocycles. The van der Waals surface area contributed by atoms with Crippen LogP contribution in [0.5, 0.6) is 5.75 Å². The molecule has 1 aromatic carbocycles. The predicted octanol–water partition coefficient (Wildman–Crippen LogP) is 3.53. The highest BCUT2D eigenvalue weighted by molar-refractivity contribution is 8.00. The highest BCUT2D eigenvalue weighted by Gasteiger charge is 2.21. The van der Waals surface area contributed by atoms with Gasteiger partial charge in [-0.05, 0) is 25.5 Å². The van der Waals surface area contributed by atoms with Crippen molar-refractivity contribution in [1.29, 1.82) is 0 Å². The fourth-order valence-electron chi connectivity index (χ4n) is 2.02. The summed E-state index contributed by atoms with van der Waals surface area (Å²) >= 11 is 1.96. The Morgan fingerprint density at radius 3 is 2.94 bits per heavy atom. The normalized spacial score (nSPS) is 23.7. The topological polar surface area (TPSA) is 21.3 Å². The summed E-state index contributed by atoms with van der Waals surface area (Å²) in [7, 11) is 0. The lowest BCUT2D eigenvalue weighted by Crippen LogP contribution is -2.18. The van der Waals surface area contributed by atoms with Crippen molar-refractivity contribution in [2.24, 2.45) is 0 Å². The number of anilines is 1. The van der Waals surface area contributed by atoms with Crippen LogP contribution >= 0.6 is 11.8 Å². The van der Waals surface area contributed by atoms with E-state index in [0.29, 0.717) is 23.6 Å². The van der Waals surface area contributed by atoms with Gasteiger partial charge in [0.25, 0.3) is 0 Å². The minimum absolute atomic E-state index is 0.296. The predicted molar refractivity (Wildman–Crippen MR) is 71.5 cm³/mol. The minimum atomic E-state index is -0.296. The van der Waals surface area contributed by atoms with Crippen molar-refractivity contribution in [2.75, 3.05) is 17.7 Å². The molecule has 2 rings (SSSR count). The molecular formula is C13H18FNOS. The van der Waals surface area contributed by atoms with Gasteiger partial charge in [0, 0.05) is 28.8 Å². The zero-order chi connectivity index (χ0) is 12.3. The second-order valence-corrected chi connectivity index (χ2v) is 5.77. The summed E-state index contributed by atoms with van der Waals surface area (Å²) in [6.07, 6.45) is 1.14. The van der Waals surface area contributed by atoms with Crippen molar-refractivity contribution >= 4 is 17.4 Å². The molecule has 94 valence electrons. The van der Waals surface area contributed by atoms with Crippen LogP contribution < -0.4 is 10.1 Å². The van der Waals surface area contributed by atoms with Crippen LogP contribution in [0.3, 0.4) is 0 Å². The lowest BCUT2D eigenvalue weighted by molar-refractivity contribution is 0.321. The number of hydrogen-bond acceptors (Lipinski definition) is 3. The van der Waals surface area contributed by atoms with Crippen LogP contribution in [0.25, 0.3) is 0 Å². The first-order valence-electron chi connectivity index (χ1n) is 5.99. The van der Waals surface area contributed by atoms with E-state index in [4.69, 9.17) is 4.74 Å². The summed E-state index contributed by atoms with van der Waals surface area (Å²) in [5.74, 6) is 1.12. The number of hydrogen-bond donors (Lipinski definition) is 1. The van der Waals surface area contributed by atoms with Gasteiger partial charge < -0.3 is 10.1 Å². The van der Waals surface area contributed by atoms with E-state index < -0.39 is 0 Å². The lowest BCUT2D eigenvalue weighted by atomic mass is 10.2. The highest BCUT2D eigenvalue weighted by atomic mass is 32.2. The maximum Gasteiger partial charge on any atom is 0.167 e. The van der Waals surface area contributed by atoms with Gasteiger partial charge in [0.2, 0.25) is 0 Å². The van der Waals surface area contributed by atoms with Gasteiger partial charge >= 0.3 is 0 Å². The Balaban J connectivity index is 1.99. The first kappa shape index (κ1) is 12.6. The third kappa shape index (κ3) is 3.28. The Bertz CT molecular complexity index is 386. The Morgan fingerprint density at radius 1 is 1.53 bits per heavy atom. The maximum absolute atomic E-state index is 13.6. The molecule has 0 amide bonds. The number of thioether (sulfide) groups is 1. The van der Waals surface area contributed by atoms with E-state index in [9.17, 15) is 4.39 Å². The fraction of sp³-hybridized carbons (Fsp3) is 0.538. The van der Waals surface area contributed by atoms with E-state index in [1.165, 1.54) is 6.07 Å². The molecule has 1 N–H and O–H groups in total. The lowest BCUT2D eigenvalue weighted by Gasteiger charge is -2.14. The largest absolute Gasteiger partial charge is 0.491 e. The Labute approximate surface area is 106 Å². The molecule has 1 saturated heterocycles. The molecule has 1 fully saturated rings. The third-order valence-corrected chi connectivity index (χ3v) is 4.16. The van der Waals surface area contributed by atoms with Gasteiger partial charge in [0.1, 0.15) is 0 Å². The van der Waals surface area contributed by atoms with Gasteiger partial charge in [-0.2, -0.15) is 11.8 Å². The van der Waals surface area contributed by atoms with Gasteiger partial charge in [0.15, 0.2) is 11.6 Å². The number of halogens is 1. The highest BCUT2D eigenvalue weighted by Crippen LogP contribution is 2.29. The van der Waals surface area contributed by atoms with E-state index in [1.54, 1.807) is 6.07 Å². The summed E-state index contributed by atoms with van der Waals surface area (Å²) in [4.78, 5) is 0. The first-order chi connectivity index (χ1) is 8.19. The molecule has 0 radical (unpaired) electrons. The molecule has 0 aromatic heterocycles. The van der Waals surface area contributed by atoms with Gasteiger partial charge in [-0.1, -0.05) is 6.92 Å². The minimum Gasteiger partial charge on any atom is -0.491 e. The fourth-order valence-corrected chi connectivity index (χ4v) is 3.17. The first-order valence-corrected chi connectivity index (χ1v) is 7.04.